The topological polar surface area (TPSA) is 37.3 Å². The monoisotopic (exact) mass is 166 g/mol. The molecule has 0 fully saturated rings. The molecule has 0 radical (unpaired) electrons. The van der Waals surface area contributed by atoms with Crippen LogP contribution in [0.4, 0.5) is 13.2 Å². The Kier molecular flexibility index (Phi) is 1.66. The van der Waals surface area contributed by atoms with Gasteiger partial charge in [-0.15, -0.1) is 0 Å². The highest BCUT2D eigenvalue weighted by Crippen LogP contribution is 2.40. The minimum Gasteiger partial charge on any atom is -0.478 e. The molecule has 2 nitrogen and oxygen atoms in total. The second-order valence-corrected chi connectivity index (χ2v) is 2.26. The summed E-state index contributed by atoms with van der Waals surface area (Å²) >= 11 is 0. The summed E-state index contributed by atoms with van der Waals surface area (Å²) < 4.78 is 35.4. The minimum absolute atomic E-state index is 0.0319. The van der Waals surface area contributed by atoms with Crippen LogP contribution < -0.4 is 0 Å². The first-order chi connectivity index (χ1) is 4.93. The summed E-state index contributed by atoms with van der Waals surface area (Å²) in [6.45, 7) is 0. The average Bonchev–Trinajstić information content (AvgIpc) is 1.51. The minimum atomic E-state index is -4.45. The van der Waals surface area contributed by atoms with Crippen LogP contribution in [0, 0.1) is 0 Å². The Morgan fingerprint density at radius 3 is 2.00 bits per heavy atom. The lowest BCUT2D eigenvalue weighted by atomic mass is 9.88. The van der Waals surface area contributed by atoms with E-state index in [0.29, 0.717) is 0 Å². The van der Waals surface area contributed by atoms with Gasteiger partial charge in [-0.1, -0.05) is 0 Å². The van der Waals surface area contributed by atoms with E-state index >= 15 is 0 Å². The molecule has 0 spiro atoms. The van der Waals surface area contributed by atoms with Gasteiger partial charge in [0.15, 0.2) is 0 Å². The molecule has 0 bridgehead atoms. The van der Waals surface area contributed by atoms with Gasteiger partial charge in [-0.2, -0.15) is 13.2 Å². The standard InChI is InChI=1S/C6H5F3O2/c7-6(8,9)4-2-1-3(4)5(10)11/h1-2H2,(H,10,11). The van der Waals surface area contributed by atoms with Crippen molar-refractivity contribution in [2.75, 3.05) is 0 Å². The van der Waals surface area contributed by atoms with Crippen molar-refractivity contribution < 1.29 is 23.1 Å². The highest BCUT2D eigenvalue weighted by atomic mass is 19.4. The zero-order chi connectivity index (χ0) is 8.65. The number of aliphatic carboxylic acids is 1. The Bertz CT molecular complexity index is 226. The summed E-state index contributed by atoms with van der Waals surface area (Å²) in [7, 11) is 0. The molecule has 62 valence electrons. The van der Waals surface area contributed by atoms with Crippen molar-refractivity contribution in [3.63, 3.8) is 0 Å². The first-order valence-corrected chi connectivity index (χ1v) is 2.95. The molecule has 0 heterocycles. The quantitative estimate of drug-likeness (QED) is 0.643. The molecular formula is C6H5F3O2. The Morgan fingerprint density at radius 1 is 1.36 bits per heavy atom. The lowest BCUT2D eigenvalue weighted by Crippen LogP contribution is -2.24. The molecule has 0 unspecified atom stereocenters. The predicted molar refractivity (Wildman–Crippen MR) is 30.0 cm³/mol. The van der Waals surface area contributed by atoms with E-state index < -0.39 is 23.3 Å². The van der Waals surface area contributed by atoms with Crippen LogP contribution in [0.15, 0.2) is 11.1 Å². The highest BCUT2D eigenvalue weighted by Gasteiger charge is 2.42. The molecule has 1 rings (SSSR count). The van der Waals surface area contributed by atoms with Crippen molar-refractivity contribution >= 4 is 5.97 Å². The van der Waals surface area contributed by atoms with Crippen molar-refractivity contribution in [3.05, 3.63) is 11.1 Å². The van der Waals surface area contributed by atoms with Gasteiger partial charge in [-0.25, -0.2) is 4.79 Å². The zero-order valence-corrected chi connectivity index (χ0v) is 5.40. The molecule has 1 N–H and O–H groups in total. The fourth-order valence-electron chi connectivity index (χ4n) is 0.924. The average molecular weight is 166 g/mol. The van der Waals surface area contributed by atoms with Gasteiger partial charge in [0, 0.05) is 11.1 Å². The summed E-state index contributed by atoms with van der Waals surface area (Å²) in [5, 5.41) is 8.21. The largest absolute Gasteiger partial charge is 0.478 e. The number of allylic oxidation sites excluding steroid dienone is 1. The number of carboxylic acid groups (broad SMARTS) is 1. The van der Waals surface area contributed by atoms with Gasteiger partial charge in [0.25, 0.3) is 0 Å². The van der Waals surface area contributed by atoms with Crippen molar-refractivity contribution in [1.29, 1.82) is 0 Å². The fourth-order valence-corrected chi connectivity index (χ4v) is 0.924. The van der Waals surface area contributed by atoms with Crippen LogP contribution in [0.3, 0.4) is 0 Å². The smallest absolute Gasteiger partial charge is 0.413 e. The molecule has 0 aliphatic heterocycles. The van der Waals surface area contributed by atoms with Crippen molar-refractivity contribution in [2.24, 2.45) is 0 Å². The van der Waals surface area contributed by atoms with Crippen LogP contribution >= 0.6 is 0 Å². The molecular weight excluding hydrogens is 161 g/mol. The lowest BCUT2D eigenvalue weighted by molar-refractivity contribution is -0.135. The lowest BCUT2D eigenvalue weighted by Gasteiger charge is -2.22. The fraction of sp³-hybridized carbons (Fsp3) is 0.500. The maximum Gasteiger partial charge on any atom is 0.413 e. The van der Waals surface area contributed by atoms with E-state index in [9.17, 15) is 18.0 Å². The maximum atomic E-state index is 11.8. The predicted octanol–water partition coefficient (Wildman–Crippen LogP) is 1.72. The van der Waals surface area contributed by atoms with Crippen LogP contribution in [0.25, 0.3) is 0 Å². The van der Waals surface area contributed by atoms with E-state index in [1.54, 1.807) is 0 Å². The summed E-state index contributed by atoms with van der Waals surface area (Å²) in [6, 6.07) is 0. The third-order valence-electron chi connectivity index (χ3n) is 1.59. The van der Waals surface area contributed by atoms with Gasteiger partial charge in [-0.3, -0.25) is 0 Å². The van der Waals surface area contributed by atoms with E-state index in [1.165, 1.54) is 0 Å². The maximum absolute atomic E-state index is 11.8. The van der Waals surface area contributed by atoms with Crippen LogP contribution in [-0.2, 0) is 4.79 Å². The SMILES string of the molecule is O=C(O)C1=C(C(F)(F)F)CC1. The van der Waals surface area contributed by atoms with Crippen molar-refractivity contribution in [2.45, 2.75) is 19.0 Å². The third-order valence-corrected chi connectivity index (χ3v) is 1.59. The second kappa shape index (κ2) is 2.25. The molecule has 0 atom stereocenters. The zero-order valence-electron chi connectivity index (χ0n) is 5.40. The molecule has 0 amide bonds. The van der Waals surface area contributed by atoms with Gasteiger partial charge < -0.3 is 5.11 Å². The number of alkyl halides is 3. The third kappa shape index (κ3) is 1.36. The van der Waals surface area contributed by atoms with E-state index in [1.807, 2.05) is 0 Å². The second-order valence-electron chi connectivity index (χ2n) is 2.26. The summed E-state index contributed by atoms with van der Waals surface area (Å²) in [4.78, 5) is 10.1. The normalized spacial score (nSPS) is 18.1. The van der Waals surface area contributed by atoms with E-state index in [-0.39, 0.29) is 12.8 Å². The number of carbonyl (C=O) groups is 1. The Labute approximate surface area is 60.3 Å². The molecule has 0 aromatic rings. The molecule has 5 heteroatoms. The summed E-state index contributed by atoms with van der Waals surface area (Å²) in [5.74, 6) is -1.46. The number of hydrogen-bond donors (Lipinski definition) is 1. The first-order valence-electron chi connectivity index (χ1n) is 2.95. The molecule has 1 aliphatic carbocycles. The first kappa shape index (κ1) is 8.10. The molecule has 0 aromatic carbocycles. The highest BCUT2D eigenvalue weighted by molar-refractivity contribution is 5.89. The van der Waals surface area contributed by atoms with E-state index in [0.717, 1.165) is 0 Å². The molecule has 1 aliphatic rings. The Morgan fingerprint density at radius 2 is 1.91 bits per heavy atom. The summed E-state index contributed by atoms with van der Waals surface area (Å²) in [5.41, 5.74) is -1.37. The van der Waals surface area contributed by atoms with Crippen LogP contribution in [0.5, 0.6) is 0 Å². The van der Waals surface area contributed by atoms with Crippen LogP contribution in [-0.4, -0.2) is 17.3 Å². The van der Waals surface area contributed by atoms with Gasteiger partial charge >= 0.3 is 12.1 Å². The molecule has 11 heavy (non-hydrogen) atoms. The number of carboxylic acids is 1. The number of halogens is 3. The van der Waals surface area contributed by atoms with E-state index in [4.69, 9.17) is 5.11 Å². The van der Waals surface area contributed by atoms with Crippen molar-refractivity contribution in [3.8, 4) is 0 Å². The molecule has 0 aromatic heterocycles. The van der Waals surface area contributed by atoms with Crippen LogP contribution in [0.1, 0.15) is 12.8 Å². The Hall–Kier alpha value is -1.00. The Balaban J connectivity index is 2.90. The number of hydrogen-bond acceptors (Lipinski definition) is 1. The van der Waals surface area contributed by atoms with Gasteiger partial charge in [0.1, 0.15) is 0 Å². The molecule has 0 saturated heterocycles. The van der Waals surface area contributed by atoms with Crippen LogP contribution in [0.2, 0.25) is 0 Å². The van der Waals surface area contributed by atoms with E-state index in [2.05, 4.69) is 0 Å². The number of rotatable bonds is 1. The van der Waals surface area contributed by atoms with Crippen molar-refractivity contribution in [1.82, 2.24) is 0 Å². The summed E-state index contributed by atoms with van der Waals surface area (Å²) in [6.07, 6.45) is -4.58. The molecule has 0 saturated carbocycles. The van der Waals surface area contributed by atoms with Gasteiger partial charge in [0.05, 0.1) is 0 Å². The van der Waals surface area contributed by atoms with Gasteiger partial charge in [0.2, 0.25) is 0 Å². The van der Waals surface area contributed by atoms with Gasteiger partial charge in [-0.05, 0) is 12.8 Å².